The summed E-state index contributed by atoms with van der Waals surface area (Å²) in [4.78, 5) is 0. The normalized spacial score (nSPS) is 34.8. The minimum absolute atomic E-state index is 0.231. The lowest BCUT2D eigenvalue weighted by molar-refractivity contribution is -0.155. The average Bonchev–Trinajstić information content (AvgIpc) is 3.37. The zero-order valence-electron chi connectivity index (χ0n) is 46.2. The van der Waals surface area contributed by atoms with Gasteiger partial charge in [0.25, 0.3) is 0 Å². The molecule has 0 radical (unpaired) electrons. The summed E-state index contributed by atoms with van der Waals surface area (Å²) in [6.45, 7) is 20.2. The molecule has 0 aromatic heterocycles. The van der Waals surface area contributed by atoms with Gasteiger partial charge in [0.1, 0.15) is 17.2 Å². The third kappa shape index (κ3) is 12.3. The lowest BCUT2D eigenvalue weighted by atomic mass is 9.52. The van der Waals surface area contributed by atoms with Crippen molar-refractivity contribution in [1.82, 2.24) is 0 Å². The molecule has 15 rings (SSSR count). The molecule has 12 fully saturated rings. The van der Waals surface area contributed by atoms with E-state index >= 15 is 0 Å². The molecule has 12 aliphatic carbocycles. The van der Waals surface area contributed by atoms with Gasteiger partial charge in [-0.3, -0.25) is 0 Å². The van der Waals surface area contributed by atoms with Gasteiger partial charge in [-0.25, -0.2) is 0 Å². The molecule has 0 heterocycles. The Morgan fingerprint density at radius 1 is 0.417 bits per heavy atom. The van der Waals surface area contributed by atoms with Crippen LogP contribution in [-0.4, -0.2) is 39.2 Å². The molecular weight excluding hydrogens is 889 g/mol. The molecule has 3 aromatic carbocycles. The Hall–Kier alpha value is -3.06. The van der Waals surface area contributed by atoms with Gasteiger partial charge >= 0.3 is 0 Å². The lowest BCUT2D eigenvalue weighted by Gasteiger charge is -2.54. The van der Waals surface area contributed by atoms with Gasteiger partial charge in [-0.05, 0) is 262 Å². The summed E-state index contributed by atoms with van der Waals surface area (Å²) >= 11 is 0. The third-order valence-electron chi connectivity index (χ3n) is 21.4. The van der Waals surface area contributed by atoms with Crippen LogP contribution in [0.5, 0.6) is 17.2 Å². The van der Waals surface area contributed by atoms with E-state index in [1.54, 1.807) is 0 Å². The summed E-state index contributed by atoms with van der Waals surface area (Å²) in [7, 11) is 0. The van der Waals surface area contributed by atoms with Crippen LogP contribution in [0.4, 0.5) is 0 Å². The molecule has 6 heteroatoms. The van der Waals surface area contributed by atoms with Gasteiger partial charge in [0.05, 0.1) is 18.8 Å². The van der Waals surface area contributed by atoms with Crippen LogP contribution in [0.2, 0.25) is 0 Å². The fourth-order valence-electron chi connectivity index (χ4n) is 16.8. The first-order valence-corrected chi connectivity index (χ1v) is 29.8. The van der Waals surface area contributed by atoms with Crippen LogP contribution < -0.4 is 14.2 Å². The van der Waals surface area contributed by atoms with Crippen molar-refractivity contribution in [2.75, 3.05) is 27.0 Å². The van der Waals surface area contributed by atoms with E-state index in [0.29, 0.717) is 38.5 Å². The van der Waals surface area contributed by atoms with Crippen LogP contribution >= 0.6 is 0 Å². The maximum Gasteiger partial charge on any atom is 0.189 e. The molecule has 0 aliphatic heterocycles. The van der Waals surface area contributed by atoms with Gasteiger partial charge in [0.2, 0.25) is 0 Å². The molecule has 12 saturated carbocycles. The Labute approximate surface area is 437 Å². The highest BCUT2D eigenvalue weighted by Gasteiger charge is 2.51. The fourth-order valence-corrected chi connectivity index (χ4v) is 16.8. The Kier molecular flexibility index (Phi) is 16.8. The number of rotatable bonds is 19. The Bertz CT molecular complexity index is 2060. The van der Waals surface area contributed by atoms with E-state index in [2.05, 4.69) is 128 Å². The predicted octanol–water partition coefficient (Wildman–Crippen LogP) is 16.7. The quantitative estimate of drug-likeness (QED) is 0.0881. The van der Waals surface area contributed by atoms with Crippen molar-refractivity contribution in [3.8, 4) is 17.2 Å². The molecule has 12 aliphatic rings. The summed E-state index contributed by atoms with van der Waals surface area (Å²) in [6, 6.07) is 25.7. The van der Waals surface area contributed by atoms with E-state index in [-0.39, 0.29) is 10.8 Å². The standard InChI is InChI=1S/C23H34O2.C22H32O2.C21H30O2/c1-4-23(2,3)20-5-7-21(8-6-20)25-15-24-14-22-18-10-16-9-17(12-18)13-19(22)11-16;1-4-22(2,3)19-5-7-20(8-6-19)23-14-24-21-17-10-15-9-16(12-17)13-18(21)11-15;1-3-14(2)17-4-6-20(7-5-17)22-13-23-21-18-9-15-8-16(11-18)12-19(21)10-15/h5-8,16-19,22H,4,9-15H2,1-3H3;5-8,15-18,21H,4,9-14H2,1-3H3;4-7,14-16,18-19,21H,3,8-13H2,1-2H3. The van der Waals surface area contributed by atoms with Crippen molar-refractivity contribution in [2.45, 2.75) is 200 Å². The van der Waals surface area contributed by atoms with Crippen molar-refractivity contribution >= 4 is 0 Å². The van der Waals surface area contributed by atoms with Crippen LogP contribution in [0.15, 0.2) is 72.8 Å². The summed E-state index contributed by atoms with van der Waals surface area (Å²) in [5.74, 6) is 15.4. The zero-order valence-corrected chi connectivity index (χ0v) is 46.2. The predicted molar refractivity (Wildman–Crippen MR) is 291 cm³/mol. The Balaban J connectivity index is 0.000000124. The smallest absolute Gasteiger partial charge is 0.189 e. The SMILES string of the molecule is CCC(C)(C)c1ccc(OCOC2C3CC4CC(C3)CC2C4)cc1.CCC(C)(C)c1ccc(OCOCC2C3CC4CC(C3)CC2C4)cc1.CCC(C)c1ccc(OCOC2C3CC4CC(C3)CC2C4)cc1. The van der Waals surface area contributed by atoms with Gasteiger partial charge in [0.15, 0.2) is 20.4 Å². The molecule has 6 nitrogen and oxygen atoms in total. The van der Waals surface area contributed by atoms with Gasteiger partial charge < -0.3 is 28.4 Å². The van der Waals surface area contributed by atoms with Crippen LogP contribution in [0.25, 0.3) is 0 Å². The molecule has 72 heavy (non-hydrogen) atoms. The molecule has 0 spiro atoms. The minimum Gasteiger partial charge on any atom is -0.468 e. The zero-order chi connectivity index (χ0) is 50.0. The highest BCUT2D eigenvalue weighted by Crippen LogP contribution is 2.58. The molecule has 3 aromatic rings. The molecule has 1 unspecified atom stereocenters. The molecule has 0 N–H and O–H groups in total. The average molecular weight is 985 g/mol. The first kappa shape index (κ1) is 52.4. The second-order valence-corrected chi connectivity index (χ2v) is 26.8. The molecule has 12 bridgehead atoms. The van der Waals surface area contributed by atoms with Gasteiger partial charge in [0, 0.05) is 0 Å². The van der Waals surface area contributed by atoms with E-state index < -0.39 is 0 Å². The largest absolute Gasteiger partial charge is 0.468 e. The number of benzene rings is 3. The van der Waals surface area contributed by atoms with Crippen molar-refractivity contribution in [3.63, 3.8) is 0 Å². The van der Waals surface area contributed by atoms with Crippen molar-refractivity contribution in [3.05, 3.63) is 89.5 Å². The van der Waals surface area contributed by atoms with Crippen molar-refractivity contribution < 1.29 is 28.4 Å². The Morgan fingerprint density at radius 2 is 0.736 bits per heavy atom. The third-order valence-corrected chi connectivity index (χ3v) is 21.4. The minimum atomic E-state index is 0.231. The highest BCUT2D eigenvalue weighted by molar-refractivity contribution is 5.33. The summed E-state index contributed by atoms with van der Waals surface area (Å²) in [6.07, 6.45) is 26.0. The molecule has 0 saturated heterocycles. The van der Waals surface area contributed by atoms with Crippen molar-refractivity contribution in [1.29, 1.82) is 0 Å². The number of hydrogen-bond donors (Lipinski definition) is 0. The van der Waals surface area contributed by atoms with Crippen LogP contribution in [0.3, 0.4) is 0 Å². The molecule has 396 valence electrons. The van der Waals surface area contributed by atoms with Crippen LogP contribution in [0, 0.1) is 76.9 Å². The summed E-state index contributed by atoms with van der Waals surface area (Å²) < 4.78 is 36.0. The van der Waals surface area contributed by atoms with E-state index in [4.69, 9.17) is 28.4 Å². The number of hydrogen-bond acceptors (Lipinski definition) is 6. The van der Waals surface area contributed by atoms with Gasteiger partial charge in [-0.2, -0.15) is 0 Å². The van der Waals surface area contributed by atoms with E-state index in [1.807, 2.05) is 0 Å². The highest BCUT2D eigenvalue weighted by atomic mass is 16.7. The topological polar surface area (TPSA) is 55.4 Å². The maximum absolute atomic E-state index is 6.22. The van der Waals surface area contributed by atoms with Crippen LogP contribution in [-0.2, 0) is 25.0 Å². The first-order valence-electron chi connectivity index (χ1n) is 29.8. The van der Waals surface area contributed by atoms with E-state index in [1.165, 1.54) is 119 Å². The second kappa shape index (κ2) is 23.0. The fraction of sp³-hybridized carbons (Fsp3) is 0.727. The van der Waals surface area contributed by atoms with Crippen molar-refractivity contribution in [2.24, 2.45) is 76.9 Å². The summed E-state index contributed by atoms with van der Waals surface area (Å²) in [5.41, 5.74) is 4.60. The van der Waals surface area contributed by atoms with Gasteiger partial charge in [-0.1, -0.05) is 91.8 Å². The summed E-state index contributed by atoms with van der Waals surface area (Å²) in [5, 5.41) is 0. The monoisotopic (exact) mass is 985 g/mol. The van der Waals surface area contributed by atoms with Crippen LogP contribution in [0.1, 0.15) is 194 Å². The molecule has 0 amide bonds. The first-order chi connectivity index (χ1) is 34.8. The van der Waals surface area contributed by atoms with E-state index in [9.17, 15) is 0 Å². The maximum atomic E-state index is 6.22. The molecule has 1 atom stereocenters. The Morgan fingerprint density at radius 3 is 1.07 bits per heavy atom. The van der Waals surface area contributed by atoms with E-state index in [0.717, 1.165) is 114 Å². The lowest BCUT2D eigenvalue weighted by Crippen LogP contribution is -2.49. The second-order valence-electron chi connectivity index (χ2n) is 26.8. The molecular formula is C66H96O6. The number of ether oxygens (including phenoxy) is 6. The van der Waals surface area contributed by atoms with Gasteiger partial charge in [-0.15, -0.1) is 0 Å².